The molecule has 0 saturated heterocycles. The number of benzene rings is 1. The summed E-state index contributed by atoms with van der Waals surface area (Å²) >= 11 is 0. The summed E-state index contributed by atoms with van der Waals surface area (Å²) in [6.45, 7) is 0.297. The van der Waals surface area contributed by atoms with Crippen LogP contribution in [0.5, 0.6) is 0 Å². The van der Waals surface area contributed by atoms with Crippen LogP contribution in [0, 0.1) is 0 Å². The highest BCUT2D eigenvalue weighted by atomic mass is 16.2. The molecule has 3 nitrogen and oxygen atoms in total. The van der Waals surface area contributed by atoms with Crippen molar-refractivity contribution >= 4 is 11.6 Å². The summed E-state index contributed by atoms with van der Waals surface area (Å²) in [5.41, 5.74) is 4.45. The van der Waals surface area contributed by atoms with E-state index in [1.807, 2.05) is 30.3 Å². The molecule has 64 valence electrons. The number of anilines is 1. The zero-order valence-corrected chi connectivity index (χ0v) is 7.16. The molecule has 0 aliphatic carbocycles. The standard InChI is InChI=1S/C9H12N2O/c1-11(9(12)7-10)8-5-3-2-4-6-8/h2-6H,7,10H2,1H3/p+1. The van der Waals surface area contributed by atoms with E-state index in [4.69, 9.17) is 0 Å². The molecule has 0 radical (unpaired) electrons. The maximum absolute atomic E-state index is 11.2. The summed E-state index contributed by atoms with van der Waals surface area (Å²) in [6.07, 6.45) is 0. The van der Waals surface area contributed by atoms with Gasteiger partial charge >= 0.3 is 0 Å². The monoisotopic (exact) mass is 165 g/mol. The van der Waals surface area contributed by atoms with E-state index in [2.05, 4.69) is 5.73 Å². The number of para-hydroxylation sites is 1. The van der Waals surface area contributed by atoms with Gasteiger partial charge in [-0.05, 0) is 12.1 Å². The van der Waals surface area contributed by atoms with E-state index in [9.17, 15) is 4.79 Å². The fourth-order valence-electron chi connectivity index (χ4n) is 0.963. The van der Waals surface area contributed by atoms with E-state index in [1.54, 1.807) is 11.9 Å². The molecule has 0 aliphatic heterocycles. The number of amides is 1. The molecule has 0 bridgehead atoms. The van der Waals surface area contributed by atoms with Gasteiger partial charge in [-0.3, -0.25) is 4.79 Å². The molecule has 1 aromatic carbocycles. The van der Waals surface area contributed by atoms with Crippen molar-refractivity contribution in [3.63, 3.8) is 0 Å². The number of hydrogen-bond donors (Lipinski definition) is 1. The first-order valence-corrected chi connectivity index (χ1v) is 3.86. The van der Waals surface area contributed by atoms with Crippen LogP contribution in [0.2, 0.25) is 0 Å². The molecule has 12 heavy (non-hydrogen) atoms. The van der Waals surface area contributed by atoms with Crippen LogP contribution in [-0.4, -0.2) is 19.5 Å². The predicted octanol–water partition coefficient (Wildman–Crippen LogP) is -0.109. The lowest BCUT2D eigenvalue weighted by atomic mass is 10.3. The number of rotatable bonds is 2. The second-order valence-electron chi connectivity index (χ2n) is 2.54. The highest BCUT2D eigenvalue weighted by Gasteiger charge is 2.08. The maximum Gasteiger partial charge on any atom is 0.281 e. The van der Waals surface area contributed by atoms with Crippen molar-refractivity contribution in [1.29, 1.82) is 0 Å². The molecule has 0 unspecified atom stereocenters. The molecule has 1 amide bonds. The second kappa shape index (κ2) is 3.88. The fraction of sp³-hybridized carbons (Fsp3) is 0.222. The highest BCUT2D eigenvalue weighted by molar-refractivity contribution is 5.93. The zero-order chi connectivity index (χ0) is 8.97. The Bertz CT molecular complexity index is 258. The fourth-order valence-corrected chi connectivity index (χ4v) is 0.963. The SMILES string of the molecule is CN(C(=O)C[NH3+])c1ccccc1. The van der Waals surface area contributed by atoms with Crippen LogP contribution in [-0.2, 0) is 4.79 Å². The normalized spacial score (nSPS) is 9.50. The van der Waals surface area contributed by atoms with Crippen molar-refractivity contribution in [2.75, 3.05) is 18.5 Å². The van der Waals surface area contributed by atoms with Crippen LogP contribution in [0.25, 0.3) is 0 Å². The van der Waals surface area contributed by atoms with Crippen LogP contribution in [0.1, 0.15) is 0 Å². The molecular weight excluding hydrogens is 152 g/mol. The average Bonchev–Trinajstić information content (AvgIpc) is 2.17. The average molecular weight is 165 g/mol. The van der Waals surface area contributed by atoms with Gasteiger partial charge in [-0.25, -0.2) is 0 Å². The van der Waals surface area contributed by atoms with E-state index in [0.29, 0.717) is 6.54 Å². The number of hydrogen-bond acceptors (Lipinski definition) is 1. The minimum Gasteiger partial charge on any atom is -0.350 e. The van der Waals surface area contributed by atoms with Gasteiger partial charge in [-0.1, -0.05) is 18.2 Å². The Morgan fingerprint density at radius 2 is 2.00 bits per heavy atom. The van der Waals surface area contributed by atoms with Gasteiger partial charge in [0.1, 0.15) is 0 Å². The second-order valence-corrected chi connectivity index (χ2v) is 2.54. The van der Waals surface area contributed by atoms with Gasteiger partial charge in [-0.2, -0.15) is 0 Å². The summed E-state index contributed by atoms with van der Waals surface area (Å²) in [7, 11) is 1.75. The third kappa shape index (κ3) is 1.83. The van der Waals surface area contributed by atoms with Crippen LogP contribution in [0.15, 0.2) is 30.3 Å². The topological polar surface area (TPSA) is 48.0 Å². The minimum atomic E-state index is 0.0289. The molecular formula is C9H13N2O+. The Kier molecular flexibility index (Phi) is 2.82. The van der Waals surface area contributed by atoms with Crippen LogP contribution in [0.3, 0.4) is 0 Å². The predicted molar refractivity (Wildman–Crippen MR) is 47.6 cm³/mol. The number of carbonyl (C=O) groups excluding carboxylic acids is 1. The van der Waals surface area contributed by atoms with Crippen LogP contribution < -0.4 is 10.6 Å². The van der Waals surface area contributed by atoms with Crippen molar-refractivity contribution < 1.29 is 10.5 Å². The summed E-state index contributed by atoms with van der Waals surface area (Å²) in [4.78, 5) is 12.8. The van der Waals surface area contributed by atoms with Crippen LogP contribution in [0.4, 0.5) is 5.69 Å². The Labute approximate surface area is 71.8 Å². The van der Waals surface area contributed by atoms with Crippen molar-refractivity contribution in [2.24, 2.45) is 0 Å². The summed E-state index contributed by atoms with van der Waals surface area (Å²) in [5.74, 6) is 0.0289. The van der Waals surface area contributed by atoms with Gasteiger partial charge in [-0.15, -0.1) is 0 Å². The lowest BCUT2D eigenvalue weighted by Gasteiger charge is -2.14. The molecule has 0 spiro atoms. The van der Waals surface area contributed by atoms with Gasteiger partial charge in [0.2, 0.25) is 0 Å². The maximum atomic E-state index is 11.2. The molecule has 3 heteroatoms. The molecule has 0 aliphatic rings. The van der Waals surface area contributed by atoms with Gasteiger partial charge < -0.3 is 10.6 Å². The number of nitrogens with zero attached hydrogens (tertiary/aromatic N) is 1. The summed E-state index contributed by atoms with van der Waals surface area (Å²) in [5, 5.41) is 0. The number of carbonyl (C=O) groups is 1. The molecule has 0 heterocycles. The summed E-state index contributed by atoms with van der Waals surface area (Å²) in [6, 6.07) is 9.53. The third-order valence-corrected chi connectivity index (χ3v) is 1.73. The van der Waals surface area contributed by atoms with Gasteiger partial charge in [0.05, 0.1) is 0 Å². The van der Waals surface area contributed by atoms with E-state index >= 15 is 0 Å². The smallest absolute Gasteiger partial charge is 0.281 e. The van der Waals surface area contributed by atoms with Gasteiger partial charge in [0.25, 0.3) is 5.91 Å². The van der Waals surface area contributed by atoms with Gasteiger partial charge in [0, 0.05) is 12.7 Å². The zero-order valence-electron chi connectivity index (χ0n) is 7.16. The lowest BCUT2D eigenvalue weighted by Crippen LogP contribution is -2.57. The first-order valence-electron chi connectivity index (χ1n) is 3.86. The van der Waals surface area contributed by atoms with Crippen molar-refractivity contribution in [3.8, 4) is 0 Å². The first-order chi connectivity index (χ1) is 5.75. The van der Waals surface area contributed by atoms with E-state index < -0.39 is 0 Å². The summed E-state index contributed by atoms with van der Waals surface area (Å²) < 4.78 is 0. The molecule has 0 atom stereocenters. The molecule has 3 N–H and O–H groups in total. The van der Waals surface area contributed by atoms with E-state index in [0.717, 1.165) is 5.69 Å². The van der Waals surface area contributed by atoms with Gasteiger partial charge in [0.15, 0.2) is 6.54 Å². The molecule has 1 aromatic rings. The van der Waals surface area contributed by atoms with Crippen molar-refractivity contribution in [3.05, 3.63) is 30.3 Å². The van der Waals surface area contributed by atoms with E-state index in [1.165, 1.54) is 0 Å². The molecule has 0 fully saturated rings. The molecule has 0 aromatic heterocycles. The molecule has 0 saturated carbocycles. The van der Waals surface area contributed by atoms with E-state index in [-0.39, 0.29) is 5.91 Å². The van der Waals surface area contributed by atoms with Crippen LogP contribution >= 0.6 is 0 Å². The minimum absolute atomic E-state index is 0.0289. The largest absolute Gasteiger partial charge is 0.350 e. The quantitative estimate of drug-likeness (QED) is 0.653. The number of quaternary nitrogens is 1. The Morgan fingerprint density at radius 3 is 2.50 bits per heavy atom. The van der Waals surface area contributed by atoms with Crippen molar-refractivity contribution in [1.82, 2.24) is 0 Å². The van der Waals surface area contributed by atoms with Crippen molar-refractivity contribution in [2.45, 2.75) is 0 Å². The number of likely N-dealkylation sites (N-methyl/N-ethyl adjacent to an activating group) is 1. The Morgan fingerprint density at radius 1 is 1.42 bits per heavy atom. The lowest BCUT2D eigenvalue weighted by molar-refractivity contribution is -0.354. The Hall–Kier alpha value is -1.35. The Balaban J connectivity index is 2.78. The first kappa shape index (κ1) is 8.74. The highest BCUT2D eigenvalue weighted by Crippen LogP contribution is 2.09. The molecule has 1 rings (SSSR count). The third-order valence-electron chi connectivity index (χ3n) is 1.73.